The topological polar surface area (TPSA) is 84.5 Å². The molecule has 0 aliphatic carbocycles. The Balaban J connectivity index is 2.24. The summed E-state index contributed by atoms with van der Waals surface area (Å²) in [6, 6.07) is 5.39. The van der Waals surface area contributed by atoms with Crippen molar-refractivity contribution in [1.29, 1.82) is 0 Å². The lowest BCUT2D eigenvalue weighted by atomic mass is 10.3. The van der Waals surface area contributed by atoms with Crippen molar-refractivity contribution in [2.45, 2.75) is 18.2 Å². The molecule has 6 nitrogen and oxygen atoms in total. The summed E-state index contributed by atoms with van der Waals surface area (Å²) in [6.45, 7) is 1.76. The fraction of sp³-hybridized carbons (Fsp3) is 0.357. The molecule has 0 saturated carbocycles. The maximum atomic E-state index is 13.3. The summed E-state index contributed by atoms with van der Waals surface area (Å²) >= 11 is 0.971. The molecule has 1 rings (SSSR count). The number of nitrogens with one attached hydrogen (secondary N) is 2. The smallest absolute Gasteiger partial charge is 0.321 e. The molecule has 0 heterocycles. The SMILES string of the molecule is CCCNC(=O)NC(=O)COC(=O)CSc1ccccc1F. The van der Waals surface area contributed by atoms with Crippen molar-refractivity contribution >= 4 is 29.7 Å². The number of carbonyl (C=O) groups excluding carboxylic acids is 3. The lowest BCUT2D eigenvalue weighted by Crippen LogP contribution is -2.41. The summed E-state index contributed by atoms with van der Waals surface area (Å²) in [5.41, 5.74) is 0. The number of esters is 1. The standard InChI is InChI=1S/C14H17FN2O4S/c1-2-7-16-14(20)17-12(18)8-21-13(19)9-22-11-6-4-3-5-10(11)15/h3-6H,2,7-9H2,1H3,(H2,16,17,18,20). The molecule has 0 bridgehead atoms. The normalized spacial score (nSPS) is 9.91. The van der Waals surface area contributed by atoms with Crippen molar-refractivity contribution < 1.29 is 23.5 Å². The van der Waals surface area contributed by atoms with Crippen LogP contribution in [-0.2, 0) is 14.3 Å². The highest BCUT2D eigenvalue weighted by Gasteiger charge is 2.11. The summed E-state index contributed by atoms with van der Waals surface area (Å²) in [6.07, 6.45) is 0.740. The lowest BCUT2D eigenvalue weighted by molar-refractivity contribution is -0.145. The lowest BCUT2D eigenvalue weighted by Gasteiger charge is -2.07. The van der Waals surface area contributed by atoms with Crippen molar-refractivity contribution in [2.75, 3.05) is 18.9 Å². The fourth-order valence-electron chi connectivity index (χ4n) is 1.33. The summed E-state index contributed by atoms with van der Waals surface area (Å²) < 4.78 is 18.0. The van der Waals surface area contributed by atoms with Crippen molar-refractivity contribution in [3.63, 3.8) is 0 Å². The zero-order valence-corrected chi connectivity index (χ0v) is 12.9. The van der Waals surface area contributed by atoms with E-state index in [1.165, 1.54) is 12.1 Å². The van der Waals surface area contributed by atoms with E-state index >= 15 is 0 Å². The minimum absolute atomic E-state index is 0.129. The van der Waals surface area contributed by atoms with Gasteiger partial charge < -0.3 is 10.1 Å². The predicted octanol–water partition coefficient (Wildman–Crippen LogP) is 1.70. The molecule has 0 atom stereocenters. The number of imide groups is 1. The second-order valence-electron chi connectivity index (χ2n) is 4.18. The van der Waals surface area contributed by atoms with Gasteiger partial charge in [-0.3, -0.25) is 14.9 Å². The monoisotopic (exact) mass is 328 g/mol. The summed E-state index contributed by atoms with van der Waals surface area (Å²) in [5, 5.41) is 4.47. The minimum atomic E-state index is -0.724. The molecular formula is C14H17FN2O4S. The van der Waals surface area contributed by atoms with Gasteiger partial charge in [0.2, 0.25) is 0 Å². The molecule has 0 aliphatic rings. The van der Waals surface area contributed by atoms with Crippen LogP contribution in [0.25, 0.3) is 0 Å². The van der Waals surface area contributed by atoms with Gasteiger partial charge in [-0.25, -0.2) is 9.18 Å². The van der Waals surface area contributed by atoms with Gasteiger partial charge in [-0.05, 0) is 18.6 Å². The molecule has 0 spiro atoms. The van der Waals surface area contributed by atoms with E-state index in [4.69, 9.17) is 4.74 Å². The zero-order valence-electron chi connectivity index (χ0n) is 12.1. The van der Waals surface area contributed by atoms with Gasteiger partial charge in [0, 0.05) is 11.4 Å². The van der Waals surface area contributed by atoms with Crippen LogP contribution in [0.3, 0.4) is 0 Å². The number of hydrogen-bond donors (Lipinski definition) is 2. The molecule has 0 aromatic heterocycles. The molecule has 1 aromatic rings. The number of halogens is 1. The van der Waals surface area contributed by atoms with Gasteiger partial charge >= 0.3 is 12.0 Å². The van der Waals surface area contributed by atoms with Gasteiger partial charge in [0.15, 0.2) is 6.61 Å². The van der Waals surface area contributed by atoms with E-state index in [0.29, 0.717) is 11.4 Å². The van der Waals surface area contributed by atoms with Crippen LogP contribution in [-0.4, -0.2) is 36.8 Å². The molecule has 22 heavy (non-hydrogen) atoms. The van der Waals surface area contributed by atoms with Gasteiger partial charge in [-0.2, -0.15) is 0 Å². The van der Waals surface area contributed by atoms with E-state index in [2.05, 4.69) is 5.32 Å². The second kappa shape index (κ2) is 9.78. The van der Waals surface area contributed by atoms with Crippen molar-refractivity contribution in [3.05, 3.63) is 30.1 Å². The average Bonchev–Trinajstić information content (AvgIpc) is 2.50. The number of carbonyl (C=O) groups is 3. The van der Waals surface area contributed by atoms with Crippen LogP contribution in [0.4, 0.5) is 9.18 Å². The minimum Gasteiger partial charge on any atom is -0.455 e. The number of ether oxygens (including phenoxy) is 1. The number of benzene rings is 1. The molecule has 1 aromatic carbocycles. The van der Waals surface area contributed by atoms with E-state index < -0.39 is 30.3 Å². The van der Waals surface area contributed by atoms with Gasteiger partial charge in [0.1, 0.15) is 5.82 Å². The number of amides is 3. The van der Waals surface area contributed by atoms with Crippen LogP contribution >= 0.6 is 11.8 Å². The van der Waals surface area contributed by atoms with E-state index in [1.807, 2.05) is 12.2 Å². The van der Waals surface area contributed by atoms with Crippen LogP contribution < -0.4 is 10.6 Å². The Bertz CT molecular complexity index is 539. The Morgan fingerprint density at radius 1 is 1.27 bits per heavy atom. The first-order chi connectivity index (χ1) is 10.5. The Morgan fingerprint density at radius 3 is 2.68 bits per heavy atom. The summed E-state index contributed by atoms with van der Waals surface area (Å²) in [7, 11) is 0. The summed E-state index contributed by atoms with van der Waals surface area (Å²) in [4.78, 5) is 34.3. The number of hydrogen-bond acceptors (Lipinski definition) is 5. The average molecular weight is 328 g/mol. The predicted molar refractivity (Wildman–Crippen MR) is 79.9 cm³/mol. The number of rotatable bonds is 7. The fourth-order valence-corrected chi connectivity index (χ4v) is 2.07. The largest absolute Gasteiger partial charge is 0.455 e. The van der Waals surface area contributed by atoms with Crippen LogP contribution in [0.15, 0.2) is 29.2 Å². The molecule has 8 heteroatoms. The Morgan fingerprint density at radius 2 is 2.00 bits per heavy atom. The number of urea groups is 1. The maximum absolute atomic E-state index is 13.3. The van der Waals surface area contributed by atoms with Crippen LogP contribution in [0.1, 0.15) is 13.3 Å². The highest BCUT2D eigenvalue weighted by atomic mass is 32.2. The van der Waals surface area contributed by atoms with Crippen molar-refractivity contribution in [3.8, 4) is 0 Å². The maximum Gasteiger partial charge on any atom is 0.321 e. The first kappa shape index (κ1) is 18.0. The zero-order chi connectivity index (χ0) is 16.4. The van der Waals surface area contributed by atoms with E-state index in [1.54, 1.807) is 12.1 Å². The van der Waals surface area contributed by atoms with Crippen LogP contribution in [0.5, 0.6) is 0 Å². The first-order valence-electron chi connectivity index (χ1n) is 6.63. The highest BCUT2D eigenvalue weighted by Crippen LogP contribution is 2.20. The quantitative estimate of drug-likeness (QED) is 0.588. The van der Waals surface area contributed by atoms with Gasteiger partial charge in [-0.15, -0.1) is 11.8 Å². The summed E-state index contributed by atoms with van der Waals surface area (Å²) in [5.74, 6) is -1.95. The number of thioether (sulfide) groups is 1. The van der Waals surface area contributed by atoms with Crippen LogP contribution in [0, 0.1) is 5.82 Å². The van der Waals surface area contributed by atoms with Crippen molar-refractivity contribution in [1.82, 2.24) is 10.6 Å². The van der Waals surface area contributed by atoms with E-state index in [-0.39, 0.29) is 5.75 Å². The molecule has 0 unspecified atom stereocenters. The molecular weight excluding hydrogens is 311 g/mol. The Labute approximate surface area is 131 Å². The van der Waals surface area contributed by atoms with Gasteiger partial charge in [0.05, 0.1) is 5.75 Å². The molecule has 0 radical (unpaired) electrons. The van der Waals surface area contributed by atoms with Gasteiger partial charge in [0.25, 0.3) is 5.91 Å². The molecule has 0 fully saturated rings. The second-order valence-corrected chi connectivity index (χ2v) is 5.20. The Hall–Kier alpha value is -2.09. The van der Waals surface area contributed by atoms with Crippen LogP contribution in [0.2, 0.25) is 0 Å². The van der Waals surface area contributed by atoms with Gasteiger partial charge in [-0.1, -0.05) is 19.1 Å². The molecule has 2 N–H and O–H groups in total. The molecule has 0 saturated heterocycles. The molecule has 120 valence electrons. The first-order valence-corrected chi connectivity index (χ1v) is 7.62. The van der Waals surface area contributed by atoms with Crippen molar-refractivity contribution in [2.24, 2.45) is 0 Å². The molecule has 0 aliphatic heterocycles. The third kappa shape index (κ3) is 7.07. The van der Waals surface area contributed by atoms with E-state index in [9.17, 15) is 18.8 Å². The van der Waals surface area contributed by atoms with E-state index in [0.717, 1.165) is 18.2 Å². The Kier molecular flexibility index (Phi) is 7.98. The third-order valence-corrected chi connectivity index (χ3v) is 3.36. The highest BCUT2D eigenvalue weighted by molar-refractivity contribution is 8.00. The molecule has 3 amide bonds. The third-order valence-electron chi connectivity index (χ3n) is 2.33.